The molecule has 1 amide bonds. The zero-order valence-electron chi connectivity index (χ0n) is 11.9. The van der Waals surface area contributed by atoms with E-state index in [-0.39, 0.29) is 5.91 Å². The summed E-state index contributed by atoms with van der Waals surface area (Å²) >= 11 is 0. The number of hydrogen-bond acceptors (Lipinski definition) is 3. The molecule has 3 rings (SSSR count). The first-order chi connectivity index (χ1) is 10.7. The fourth-order valence-electron chi connectivity index (χ4n) is 2.27. The Morgan fingerprint density at radius 1 is 1.00 bits per heavy atom. The Morgan fingerprint density at radius 3 is 2.64 bits per heavy atom. The molecule has 0 aliphatic heterocycles. The summed E-state index contributed by atoms with van der Waals surface area (Å²) in [6, 6.07) is 20.8. The lowest BCUT2D eigenvalue weighted by Crippen LogP contribution is -2.17. The molecule has 0 heterocycles. The predicted molar refractivity (Wildman–Crippen MR) is 89.9 cm³/mol. The van der Waals surface area contributed by atoms with Crippen LogP contribution in [0.25, 0.3) is 10.8 Å². The van der Waals surface area contributed by atoms with Crippen LogP contribution >= 0.6 is 0 Å². The van der Waals surface area contributed by atoms with Gasteiger partial charge in [0, 0.05) is 16.8 Å². The van der Waals surface area contributed by atoms with Crippen LogP contribution in [0.2, 0.25) is 0 Å². The van der Waals surface area contributed by atoms with Gasteiger partial charge in [0.05, 0.1) is 6.21 Å². The van der Waals surface area contributed by atoms with Gasteiger partial charge in [-0.05, 0) is 29.0 Å². The van der Waals surface area contributed by atoms with Crippen LogP contribution in [0.15, 0.2) is 71.8 Å². The van der Waals surface area contributed by atoms with Crippen LogP contribution in [0, 0.1) is 0 Å². The molecule has 0 saturated carbocycles. The summed E-state index contributed by atoms with van der Waals surface area (Å²) in [5, 5.41) is 6.26. The van der Waals surface area contributed by atoms with Crippen molar-refractivity contribution >= 4 is 28.6 Å². The van der Waals surface area contributed by atoms with Crippen molar-refractivity contribution in [3.05, 3.63) is 77.9 Å². The Bertz CT molecular complexity index is 850. The maximum atomic E-state index is 12.0. The molecule has 0 aliphatic rings. The minimum atomic E-state index is -0.288. The van der Waals surface area contributed by atoms with Crippen molar-refractivity contribution in [2.24, 2.45) is 5.10 Å². The minimum Gasteiger partial charge on any atom is -0.399 e. The van der Waals surface area contributed by atoms with Gasteiger partial charge in [0.25, 0.3) is 5.91 Å². The summed E-state index contributed by atoms with van der Waals surface area (Å²) < 4.78 is 0. The van der Waals surface area contributed by atoms with Crippen molar-refractivity contribution in [3.8, 4) is 0 Å². The molecule has 3 aromatic carbocycles. The second-order valence-electron chi connectivity index (χ2n) is 4.89. The number of fused-ring (bicyclic) bond motifs is 1. The first-order valence-electron chi connectivity index (χ1n) is 6.91. The van der Waals surface area contributed by atoms with Crippen LogP contribution in [0.3, 0.4) is 0 Å². The average molecular weight is 289 g/mol. The van der Waals surface area contributed by atoms with Gasteiger partial charge in [-0.2, -0.15) is 5.10 Å². The van der Waals surface area contributed by atoms with Gasteiger partial charge < -0.3 is 5.73 Å². The van der Waals surface area contributed by atoms with E-state index in [1.54, 1.807) is 30.5 Å². The van der Waals surface area contributed by atoms with E-state index in [9.17, 15) is 4.79 Å². The van der Waals surface area contributed by atoms with E-state index in [0.29, 0.717) is 11.3 Å². The molecule has 0 bridgehead atoms. The number of benzene rings is 3. The Morgan fingerprint density at radius 2 is 1.77 bits per heavy atom. The number of nitrogens with two attached hydrogens (primary N) is 1. The zero-order chi connectivity index (χ0) is 15.4. The second-order valence-corrected chi connectivity index (χ2v) is 4.89. The number of carbonyl (C=O) groups is 1. The summed E-state index contributed by atoms with van der Waals surface area (Å²) in [5.41, 5.74) is 10.2. The topological polar surface area (TPSA) is 67.5 Å². The van der Waals surface area contributed by atoms with Crippen LogP contribution in [0.5, 0.6) is 0 Å². The van der Waals surface area contributed by atoms with Gasteiger partial charge in [-0.1, -0.05) is 48.5 Å². The summed E-state index contributed by atoms with van der Waals surface area (Å²) in [5.74, 6) is -0.288. The highest BCUT2D eigenvalue weighted by Gasteiger charge is 2.03. The molecule has 3 aromatic rings. The molecule has 0 aromatic heterocycles. The Hall–Kier alpha value is -3.14. The van der Waals surface area contributed by atoms with E-state index in [2.05, 4.69) is 10.5 Å². The number of hydrogen-bond donors (Lipinski definition) is 2. The van der Waals surface area contributed by atoms with Crippen molar-refractivity contribution in [1.82, 2.24) is 5.43 Å². The fourth-order valence-corrected chi connectivity index (χ4v) is 2.27. The molecule has 3 N–H and O–H groups in total. The number of carbonyl (C=O) groups excluding carboxylic acids is 1. The Labute approximate surface area is 128 Å². The highest BCUT2D eigenvalue weighted by atomic mass is 16.2. The third-order valence-electron chi connectivity index (χ3n) is 3.34. The van der Waals surface area contributed by atoms with Gasteiger partial charge in [0.15, 0.2) is 0 Å². The van der Waals surface area contributed by atoms with Crippen LogP contribution in [-0.4, -0.2) is 12.1 Å². The highest BCUT2D eigenvalue weighted by molar-refractivity contribution is 6.00. The van der Waals surface area contributed by atoms with Gasteiger partial charge in [0.1, 0.15) is 0 Å². The molecule has 22 heavy (non-hydrogen) atoms. The number of amides is 1. The van der Waals surface area contributed by atoms with Crippen molar-refractivity contribution < 1.29 is 4.79 Å². The number of rotatable bonds is 3. The lowest BCUT2D eigenvalue weighted by atomic mass is 10.1. The smallest absolute Gasteiger partial charge is 0.271 e. The molecule has 0 saturated heterocycles. The van der Waals surface area contributed by atoms with Gasteiger partial charge in [-0.25, -0.2) is 5.43 Å². The van der Waals surface area contributed by atoms with Gasteiger partial charge in [-0.3, -0.25) is 4.79 Å². The summed E-state index contributed by atoms with van der Waals surface area (Å²) in [7, 11) is 0. The van der Waals surface area contributed by atoms with Crippen LogP contribution < -0.4 is 11.2 Å². The normalized spacial score (nSPS) is 10.9. The lowest BCUT2D eigenvalue weighted by molar-refractivity contribution is 0.0955. The molecule has 0 unspecified atom stereocenters. The molecule has 0 aliphatic carbocycles. The van der Waals surface area contributed by atoms with E-state index in [1.807, 2.05) is 42.5 Å². The van der Waals surface area contributed by atoms with Gasteiger partial charge in [-0.15, -0.1) is 0 Å². The Balaban J connectivity index is 1.78. The lowest BCUT2D eigenvalue weighted by Gasteiger charge is -2.02. The molecule has 0 spiro atoms. The first-order valence-corrected chi connectivity index (χ1v) is 6.91. The molecule has 4 heteroatoms. The molecule has 0 radical (unpaired) electrons. The average Bonchev–Trinajstić information content (AvgIpc) is 2.55. The van der Waals surface area contributed by atoms with E-state index in [1.165, 1.54) is 0 Å². The molecule has 0 fully saturated rings. The van der Waals surface area contributed by atoms with E-state index >= 15 is 0 Å². The number of nitrogens with zero attached hydrogens (tertiary/aromatic N) is 1. The monoisotopic (exact) mass is 289 g/mol. The van der Waals surface area contributed by atoms with Crippen LogP contribution in [-0.2, 0) is 0 Å². The minimum absolute atomic E-state index is 0.288. The number of anilines is 1. The van der Waals surface area contributed by atoms with Crippen LogP contribution in [0.1, 0.15) is 15.9 Å². The Kier molecular flexibility index (Phi) is 3.83. The second kappa shape index (κ2) is 6.10. The number of nitrogen functional groups attached to an aromatic ring is 1. The third kappa shape index (κ3) is 2.96. The van der Waals surface area contributed by atoms with E-state index in [0.717, 1.165) is 16.3 Å². The standard InChI is InChI=1S/C18H15N3O/c19-16-9-4-7-14(11-16)18(22)21-20-12-15-8-3-6-13-5-1-2-10-17(13)15/h1-12H,19H2,(H,21,22). The quantitative estimate of drug-likeness (QED) is 0.442. The highest BCUT2D eigenvalue weighted by Crippen LogP contribution is 2.16. The fraction of sp³-hybridized carbons (Fsp3) is 0. The van der Waals surface area contributed by atoms with Crippen LogP contribution in [0.4, 0.5) is 5.69 Å². The van der Waals surface area contributed by atoms with Crippen molar-refractivity contribution in [1.29, 1.82) is 0 Å². The molecule has 108 valence electrons. The maximum Gasteiger partial charge on any atom is 0.271 e. The third-order valence-corrected chi connectivity index (χ3v) is 3.34. The molecular weight excluding hydrogens is 274 g/mol. The van der Waals surface area contributed by atoms with Crippen molar-refractivity contribution in [2.45, 2.75) is 0 Å². The van der Waals surface area contributed by atoms with E-state index < -0.39 is 0 Å². The first kappa shape index (κ1) is 13.8. The predicted octanol–water partition coefficient (Wildman–Crippen LogP) is 3.19. The zero-order valence-corrected chi connectivity index (χ0v) is 11.9. The van der Waals surface area contributed by atoms with Gasteiger partial charge in [0.2, 0.25) is 0 Å². The summed E-state index contributed by atoms with van der Waals surface area (Å²) in [4.78, 5) is 12.0. The summed E-state index contributed by atoms with van der Waals surface area (Å²) in [6.45, 7) is 0. The SMILES string of the molecule is Nc1cccc(C(=O)NN=Cc2cccc3ccccc23)c1. The van der Waals surface area contributed by atoms with Gasteiger partial charge >= 0.3 is 0 Å². The van der Waals surface area contributed by atoms with Crippen molar-refractivity contribution in [3.63, 3.8) is 0 Å². The van der Waals surface area contributed by atoms with E-state index in [4.69, 9.17) is 5.73 Å². The number of nitrogens with one attached hydrogen (secondary N) is 1. The molecular formula is C18H15N3O. The summed E-state index contributed by atoms with van der Waals surface area (Å²) in [6.07, 6.45) is 1.65. The molecule has 0 atom stereocenters. The molecule has 4 nitrogen and oxygen atoms in total. The number of hydrazone groups is 1. The maximum absolute atomic E-state index is 12.0. The largest absolute Gasteiger partial charge is 0.399 e. The van der Waals surface area contributed by atoms with Crippen molar-refractivity contribution in [2.75, 3.05) is 5.73 Å².